The van der Waals surface area contributed by atoms with Crippen LogP contribution in [0.25, 0.3) is 11.0 Å². The fourth-order valence-electron chi connectivity index (χ4n) is 2.55. The number of aromatic amines is 1. The van der Waals surface area contributed by atoms with Gasteiger partial charge in [-0.1, -0.05) is 35.9 Å². The number of H-pyrrole nitrogens is 1. The van der Waals surface area contributed by atoms with E-state index >= 15 is 0 Å². The highest BCUT2D eigenvalue weighted by Gasteiger charge is 2.14. The van der Waals surface area contributed by atoms with E-state index in [1.807, 2.05) is 24.3 Å². The molecule has 0 saturated heterocycles. The lowest BCUT2D eigenvalue weighted by atomic mass is 10.2. The lowest BCUT2D eigenvalue weighted by Crippen LogP contribution is -2.16. The van der Waals surface area contributed by atoms with E-state index in [0.29, 0.717) is 10.5 Å². The maximum absolute atomic E-state index is 12.3. The standard InChI is InChI=1S/C20H14ClN3O4/c21-13-7-5-12(6-8-13)10-27-18-11-28-17(9-16(18)25)19(26)24-20-22-14-3-1-2-4-15(14)23-20/h1-9,11H,10H2,(H2,22,23,24,26). The van der Waals surface area contributed by atoms with Gasteiger partial charge in [0.25, 0.3) is 5.91 Å². The minimum Gasteiger partial charge on any atom is -0.482 e. The third-order valence-electron chi connectivity index (χ3n) is 3.95. The molecule has 0 radical (unpaired) electrons. The fourth-order valence-corrected chi connectivity index (χ4v) is 2.67. The number of nitrogens with one attached hydrogen (secondary N) is 2. The molecule has 0 aliphatic carbocycles. The summed E-state index contributed by atoms with van der Waals surface area (Å²) >= 11 is 5.83. The molecule has 0 aliphatic rings. The summed E-state index contributed by atoms with van der Waals surface area (Å²) in [6.07, 6.45) is 1.12. The number of carbonyl (C=O) groups is 1. The van der Waals surface area contributed by atoms with E-state index in [9.17, 15) is 9.59 Å². The van der Waals surface area contributed by atoms with Gasteiger partial charge in [-0.25, -0.2) is 4.98 Å². The SMILES string of the molecule is O=C(Nc1nc2ccccc2[nH]1)c1cc(=O)c(OCc2ccc(Cl)cc2)co1. The number of imidazole rings is 1. The van der Waals surface area contributed by atoms with Crippen molar-refractivity contribution in [3.05, 3.63) is 87.4 Å². The molecule has 2 N–H and O–H groups in total. The van der Waals surface area contributed by atoms with Crippen molar-refractivity contribution in [1.82, 2.24) is 9.97 Å². The Bertz CT molecular complexity index is 1170. The average molecular weight is 396 g/mol. The van der Waals surface area contributed by atoms with E-state index in [1.54, 1.807) is 24.3 Å². The van der Waals surface area contributed by atoms with Crippen LogP contribution in [-0.4, -0.2) is 15.9 Å². The highest BCUT2D eigenvalue weighted by atomic mass is 35.5. The largest absolute Gasteiger partial charge is 0.482 e. The minimum atomic E-state index is -0.597. The second-order valence-electron chi connectivity index (χ2n) is 5.94. The van der Waals surface area contributed by atoms with Gasteiger partial charge in [0.2, 0.25) is 17.1 Å². The molecule has 4 rings (SSSR count). The smallest absolute Gasteiger partial charge is 0.293 e. The topological polar surface area (TPSA) is 97.2 Å². The van der Waals surface area contributed by atoms with E-state index in [0.717, 1.165) is 23.4 Å². The molecule has 0 unspecified atom stereocenters. The Morgan fingerprint density at radius 1 is 1.18 bits per heavy atom. The lowest BCUT2D eigenvalue weighted by molar-refractivity contribution is 0.0992. The minimum absolute atomic E-state index is 0.00948. The highest BCUT2D eigenvalue weighted by molar-refractivity contribution is 6.30. The second kappa shape index (κ2) is 7.58. The van der Waals surface area contributed by atoms with Crippen LogP contribution in [0.4, 0.5) is 5.95 Å². The van der Waals surface area contributed by atoms with E-state index in [2.05, 4.69) is 15.3 Å². The van der Waals surface area contributed by atoms with Crippen molar-refractivity contribution in [3.8, 4) is 5.75 Å². The van der Waals surface area contributed by atoms with Crippen LogP contribution in [0.15, 0.2) is 70.1 Å². The number of halogens is 1. The first-order valence-corrected chi connectivity index (χ1v) is 8.72. The third-order valence-corrected chi connectivity index (χ3v) is 4.20. The van der Waals surface area contributed by atoms with Crippen molar-refractivity contribution in [3.63, 3.8) is 0 Å². The van der Waals surface area contributed by atoms with Crippen LogP contribution >= 0.6 is 11.6 Å². The molecule has 4 aromatic rings. The number of carbonyl (C=O) groups excluding carboxylic acids is 1. The van der Waals surface area contributed by atoms with Crippen LogP contribution in [0, 0.1) is 0 Å². The molecule has 0 bridgehead atoms. The van der Waals surface area contributed by atoms with Gasteiger partial charge in [-0.15, -0.1) is 0 Å². The van der Waals surface area contributed by atoms with E-state index in [4.69, 9.17) is 20.8 Å². The Balaban J connectivity index is 1.45. The van der Waals surface area contributed by atoms with Crippen molar-refractivity contribution >= 4 is 34.5 Å². The summed E-state index contributed by atoms with van der Waals surface area (Å²) in [4.78, 5) is 31.7. The quantitative estimate of drug-likeness (QED) is 0.532. The van der Waals surface area contributed by atoms with Gasteiger partial charge in [0.15, 0.2) is 5.76 Å². The van der Waals surface area contributed by atoms with Crippen LogP contribution < -0.4 is 15.5 Å². The molecule has 0 spiro atoms. The molecule has 0 aliphatic heterocycles. The molecule has 1 amide bonds. The molecule has 2 aromatic carbocycles. The molecule has 7 nitrogen and oxygen atoms in total. The van der Waals surface area contributed by atoms with Crippen LogP contribution in [-0.2, 0) is 6.61 Å². The van der Waals surface area contributed by atoms with Crippen molar-refractivity contribution < 1.29 is 13.9 Å². The van der Waals surface area contributed by atoms with Crippen molar-refractivity contribution in [2.45, 2.75) is 6.61 Å². The number of hydrogen-bond acceptors (Lipinski definition) is 5. The summed E-state index contributed by atoms with van der Waals surface area (Å²) in [5.41, 5.74) is 1.88. The zero-order valence-corrected chi connectivity index (χ0v) is 15.2. The number of fused-ring (bicyclic) bond motifs is 1. The summed E-state index contributed by atoms with van der Waals surface area (Å²) < 4.78 is 10.7. The van der Waals surface area contributed by atoms with Crippen molar-refractivity contribution in [1.29, 1.82) is 0 Å². The molecule has 2 aromatic heterocycles. The van der Waals surface area contributed by atoms with Gasteiger partial charge in [0.05, 0.1) is 11.0 Å². The Morgan fingerprint density at radius 3 is 2.71 bits per heavy atom. The number of amides is 1. The Labute approximate surface area is 163 Å². The first kappa shape index (κ1) is 17.8. The number of anilines is 1. The number of para-hydroxylation sites is 2. The maximum atomic E-state index is 12.3. The van der Waals surface area contributed by atoms with Crippen molar-refractivity contribution in [2.75, 3.05) is 5.32 Å². The van der Waals surface area contributed by atoms with Gasteiger partial charge in [0, 0.05) is 11.1 Å². The predicted octanol–water partition coefficient (Wildman–Crippen LogP) is 4.00. The molecule has 0 fully saturated rings. The number of aromatic nitrogens is 2. The van der Waals surface area contributed by atoms with E-state index < -0.39 is 11.3 Å². The third kappa shape index (κ3) is 3.89. The first-order chi connectivity index (χ1) is 13.6. The van der Waals surface area contributed by atoms with Crippen molar-refractivity contribution in [2.24, 2.45) is 0 Å². The average Bonchev–Trinajstić information content (AvgIpc) is 3.10. The van der Waals surface area contributed by atoms with Gasteiger partial charge in [-0.3, -0.25) is 14.9 Å². The predicted molar refractivity (Wildman–Crippen MR) is 105 cm³/mol. The monoisotopic (exact) mass is 395 g/mol. The van der Waals surface area contributed by atoms with Crippen LogP contribution in [0.1, 0.15) is 16.1 Å². The zero-order valence-electron chi connectivity index (χ0n) is 14.4. The molecule has 2 heterocycles. The molecule has 0 atom stereocenters. The van der Waals surface area contributed by atoms with Gasteiger partial charge in [0.1, 0.15) is 12.9 Å². The second-order valence-corrected chi connectivity index (χ2v) is 6.38. The summed E-state index contributed by atoms with van der Waals surface area (Å²) in [5.74, 6) is -0.475. The summed E-state index contributed by atoms with van der Waals surface area (Å²) in [6.45, 7) is 0.173. The maximum Gasteiger partial charge on any atom is 0.293 e. The summed E-state index contributed by atoms with van der Waals surface area (Å²) in [5, 5.41) is 3.18. The molecule has 8 heteroatoms. The number of hydrogen-bond donors (Lipinski definition) is 2. The fraction of sp³-hybridized carbons (Fsp3) is 0.0500. The zero-order chi connectivity index (χ0) is 19.5. The number of benzene rings is 2. The molecule has 28 heavy (non-hydrogen) atoms. The lowest BCUT2D eigenvalue weighted by Gasteiger charge is -2.06. The normalized spacial score (nSPS) is 10.8. The molecule has 140 valence electrons. The summed E-state index contributed by atoms with van der Waals surface area (Å²) in [6, 6.07) is 15.5. The molecular formula is C20H14ClN3O4. The van der Waals surface area contributed by atoms with Crippen LogP contribution in [0.2, 0.25) is 5.02 Å². The Kier molecular flexibility index (Phi) is 4.82. The Morgan fingerprint density at radius 2 is 1.96 bits per heavy atom. The van der Waals surface area contributed by atoms with Gasteiger partial charge in [-0.05, 0) is 29.8 Å². The van der Waals surface area contributed by atoms with E-state index in [-0.39, 0.29) is 24.1 Å². The summed E-state index contributed by atoms with van der Waals surface area (Å²) in [7, 11) is 0. The Hall–Kier alpha value is -3.58. The van der Waals surface area contributed by atoms with Gasteiger partial charge in [-0.2, -0.15) is 0 Å². The van der Waals surface area contributed by atoms with Crippen LogP contribution in [0.3, 0.4) is 0 Å². The van der Waals surface area contributed by atoms with Gasteiger partial charge < -0.3 is 14.1 Å². The van der Waals surface area contributed by atoms with E-state index in [1.165, 1.54) is 0 Å². The first-order valence-electron chi connectivity index (χ1n) is 8.35. The van der Waals surface area contributed by atoms with Crippen LogP contribution in [0.5, 0.6) is 5.75 Å². The molecule has 0 saturated carbocycles. The van der Waals surface area contributed by atoms with Gasteiger partial charge >= 0.3 is 0 Å². The number of ether oxygens (including phenoxy) is 1. The highest BCUT2D eigenvalue weighted by Crippen LogP contribution is 2.15. The number of rotatable bonds is 5. The number of nitrogens with zero attached hydrogens (tertiary/aromatic N) is 1. The molecular weight excluding hydrogens is 382 g/mol.